The molecule has 14 heteroatoms. The van der Waals surface area contributed by atoms with Crippen LogP contribution in [0.2, 0.25) is 5.02 Å². The van der Waals surface area contributed by atoms with Crippen LogP contribution in [0, 0.1) is 6.92 Å². The maximum absolute atomic E-state index is 13.3. The molecule has 3 aromatic heterocycles. The molecule has 2 fully saturated rings. The van der Waals surface area contributed by atoms with Crippen molar-refractivity contribution in [3.8, 4) is 17.1 Å². The van der Waals surface area contributed by atoms with Crippen LogP contribution in [0.1, 0.15) is 28.9 Å². The van der Waals surface area contributed by atoms with Crippen LogP contribution < -0.4 is 26.4 Å². The maximum atomic E-state index is 13.3. The number of anilines is 3. The Morgan fingerprint density at radius 1 is 1.10 bits per heavy atom. The standard InChI is InChI=1S/C28H32ClN9O3S/c1-17-23(27(40)38(35(17)2)22-6-4-3-5-19(22)29)26(39)32-18-7-9-36(10-8-18)25-24(30)31-15-20(33-25)21-16-42-28(34-21)37-11-13-41-14-12-37/h3-6,15-16,18H,7-14H2,1-2H3,(H2,30,31)(H,32,39). The summed E-state index contributed by atoms with van der Waals surface area (Å²) >= 11 is 7.93. The molecule has 2 aliphatic rings. The number of rotatable bonds is 6. The highest BCUT2D eigenvalue weighted by molar-refractivity contribution is 7.14. The van der Waals surface area contributed by atoms with Crippen LogP contribution in [0.5, 0.6) is 0 Å². The molecular weight excluding hydrogens is 578 g/mol. The van der Waals surface area contributed by atoms with Gasteiger partial charge in [-0.3, -0.25) is 14.3 Å². The molecule has 5 heterocycles. The average molecular weight is 610 g/mol. The Balaban J connectivity index is 1.13. The summed E-state index contributed by atoms with van der Waals surface area (Å²) in [6.07, 6.45) is 2.99. The van der Waals surface area contributed by atoms with E-state index < -0.39 is 11.5 Å². The number of para-hydroxylation sites is 1. The van der Waals surface area contributed by atoms with Crippen LogP contribution in [0.15, 0.2) is 40.6 Å². The molecule has 6 rings (SSSR count). The van der Waals surface area contributed by atoms with E-state index in [4.69, 9.17) is 32.0 Å². The molecule has 0 aliphatic carbocycles. The number of aromatic nitrogens is 5. The maximum Gasteiger partial charge on any atom is 0.284 e. The highest BCUT2D eigenvalue weighted by atomic mass is 35.5. The summed E-state index contributed by atoms with van der Waals surface area (Å²) in [5.74, 6) is 0.572. The Hall–Kier alpha value is -3.94. The van der Waals surface area contributed by atoms with Crippen molar-refractivity contribution in [2.24, 2.45) is 7.05 Å². The second-order valence-electron chi connectivity index (χ2n) is 10.4. The number of carbonyl (C=O) groups is 1. The molecule has 220 valence electrons. The van der Waals surface area contributed by atoms with Gasteiger partial charge in [-0.1, -0.05) is 23.7 Å². The molecule has 0 spiro atoms. The van der Waals surface area contributed by atoms with E-state index >= 15 is 0 Å². The van der Waals surface area contributed by atoms with Gasteiger partial charge in [0.25, 0.3) is 11.5 Å². The number of thiazole rings is 1. The van der Waals surface area contributed by atoms with E-state index in [0.717, 1.165) is 23.9 Å². The number of nitrogens with two attached hydrogens (primary N) is 1. The summed E-state index contributed by atoms with van der Waals surface area (Å²) in [5, 5.41) is 6.43. The zero-order valence-corrected chi connectivity index (χ0v) is 25.0. The number of hydrogen-bond donors (Lipinski definition) is 2. The van der Waals surface area contributed by atoms with Gasteiger partial charge in [-0.2, -0.15) is 0 Å². The molecule has 0 bridgehead atoms. The lowest BCUT2D eigenvalue weighted by atomic mass is 10.0. The summed E-state index contributed by atoms with van der Waals surface area (Å²) < 4.78 is 8.53. The Bertz CT molecular complexity index is 1670. The van der Waals surface area contributed by atoms with Gasteiger partial charge in [0.05, 0.1) is 35.8 Å². The molecule has 0 radical (unpaired) electrons. The second kappa shape index (κ2) is 11.7. The summed E-state index contributed by atoms with van der Waals surface area (Å²) in [6, 6.07) is 6.96. The minimum Gasteiger partial charge on any atom is -0.381 e. The minimum atomic E-state index is -0.406. The van der Waals surface area contributed by atoms with Crippen molar-refractivity contribution < 1.29 is 9.53 Å². The van der Waals surface area contributed by atoms with Gasteiger partial charge in [0.2, 0.25) is 0 Å². The van der Waals surface area contributed by atoms with Gasteiger partial charge in [-0.25, -0.2) is 19.6 Å². The van der Waals surface area contributed by atoms with Crippen molar-refractivity contribution in [2.75, 3.05) is 54.9 Å². The smallest absolute Gasteiger partial charge is 0.284 e. The Kier molecular flexibility index (Phi) is 7.88. The monoisotopic (exact) mass is 609 g/mol. The number of nitrogens with one attached hydrogen (secondary N) is 1. The van der Waals surface area contributed by atoms with Gasteiger partial charge in [-0.05, 0) is 31.9 Å². The average Bonchev–Trinajstić information content (AvgIpc) is 3.58. The number of nitrogen functional groups attached to an aromatic ring is 1. The minimum absolute atomic E-state index is 0.103. The topological polar surface area (TPSA) is 136 Å². The van der Waals surface area contributed by atoms with Crippen molar-refractivity contribution in [1.29, 1.82) is 0 Å². The van der Waals surface area contributed by atoms with Crippen molar-refractivity contribution in [3.05, 3.63) is 62.5 Å². The quantitative estimate of drug-likeness (QED) is 0.338. The van der Waals surface area contributed by atoms with Crippen LogP contribution in [0.3, 0.4) is 0 Å². The largest absolute Gasteiger partial charge is 0.381 e. The normalized spacial score (nSPS) is 16.2. The van der Waals surface area contributed by atoms with Gasteiger partial charge in [0.15, 0.2) is 16.8 Å². The highest BCUT2D eigenvalue weighted by Crippen LogP contribution is 2.30. The van der Waals surface area contributed by atoms with Gasteiger partial charge >= 0.3 is 0 Å². The summed E-state index contributed by atoms with van der Waals surface area (Å²) in [6.45, 7) is 6.04. The molecule has 1 amide bonds. The van der Waals surface area contributed by atoms with Crippen molar-refractivity contribution >= 4 is 45.6 Å². The molecule has 2 saturated heterocycles. The predicted molar refractivity (Wildman–Crippen MR) is 164 cm³/mol. The van der Waals surface area contributed by atoms with Crippen molar-refractivity contribution in [1.82, 2.24) is 29.6 Å². The van der Waals surface area contributed by atoms with E-state index in [1.807, 2.05) is 5.38 Å². The predicted octanol–water partition coefficient (Wildman–Crippen LogP) is 2.87. The molecule has 1 aromatic carbocycles. The van der Waals surface area contributed by atoms with Crippen LogP contribution in [0.4, 0.5) is 16.8 Å². The van der Waals surface area contributed by atoms with E-state index in [9.17, 15) is 9.59 Å². The second-order valence-corrected chi connectivity index (χ2v) is 11.6. The number of carbonyl (C=O) groups excluding carboxylic acids is 1. The zero-order valence-electron chi connectivity index (χ0n) is 23.4. The number of amides is 1. The molecule has 42 heavy (non-hydrogen) atoms. The zero-order chi connectivity index (χ0) is 29.4. The Morgan fingerprint density at radius 3 is 2.57 bits per heavy atom. The third-order valence-corrected chi connectivity index (χ3v) is 9.03. The molecule has 0 unspecified atom stereocenters. The van der Waals surface area contributed by atoms with E-state index in [1.54, 1.807) is 60.5 Å². The van der Waals surface area contributed by atoms with Crippen LogP contribution in [-0.4, -0.2) is 75.7 Å². The fraction of sp³-hybridized carbons (Fsp3) is 0.393. The number of morpholine rings is 1. The third-order valence-electron chi connectivity index (χ3n) is 7.81. The number of nitrogens with zero attached hydrogens (tertiary/aromatic N) is 7. The van der Waals surface area contributed by atoms with E-state index in [1.165, 1.54) is 4.68 Å². The lowest BCUT2D eigenvalue weighted by molar-refractivity contribution is 0.0929. The molecule has 12 nitrogen and oxygen atoms in total. The first-order chi connectivity index (χ1) is 20.3. The van der Waals surface area contributed by atoms with Crippen LogP contribution in [-0.2, 0) is 11.8 Å². The number of halogens is 1. The Morgan fingerprint density at radius 2 is 1.83 bits per heavy atom. The lowest BCUT2D eigenvalue weighted by Gasteiger charge is -2.33. The van der Waals surface area contributed by atoms with Gasteiger partial charge < -0.3 is 25.6 Å². The summed E-state index contributed by atoms with van der Waals surface area (Å²) in [7, 11) is 1.74. The van der Waals surface area contributed by atoms with Crippen molar-refractivity contribution in [2.45, 2.75) is 25.8 Å². The number of piperidine rings is 1. The first-order valence-electron chi connectivity index (χ1n) is 13.8. The summed E-state index contributed by atoms with van der Waals surface area (Å²) in [4.78, 5) is 45.0. The lowest BCUT2D eigenvalue weighted by Crippen LogP contribution is -2.46. The van der Waals surface area contributed by atoms with Crippen LogP contribution >= 0.6 is 22.9 Å². The van der Waals surface area contributed by atoms with Gasteiger partial charge in [0.1, 0.15) is 17.0 Å². The fourth-order valence-corrected chi connectivity index (χ4v) is 6.47. The first kappa shape index (κ1) is 28.2. The summed E-state index contributed by atoms with van der Waals surface area (Å²) in [5.41, 5.74) is 8.47. The molecular formula is C28H32ClN9O3S. The molecule has 0 atom stereocenters. The molecule has 4 aromatic rings. The number of ether oxygens (including phenoxy) is 1. The number of hydrogen-bond acceptors (Lipinski definition) is 10. The highest BCUT2D eigenvalue weighted by Gasteiger charge is 2.28. The fourth-order valence-electron chi connectivity index (χ4n) is 5.38. The molecule has 2 aliphatic heterocycles. The van der Waals surface area contributed by atoms with E-state index in [0.29, 0.717) is 72.9 Å². The SMILES string of the molecule is Cc1c(C(=O)NC2CCN(c3nc(-c4csc(N5CCOCC5)n4)cnc3N)CC2)c(=O)n(-c2ccccc2Cl)n1C. The van der Waals surface area contributed by atoms with Crippen LogP contribution in [0.25, 0.3) is 17.1 Å². The van der Waals surface area contributed by atoms with Gasteiger partial charge in [0, 0.05) is 44.6 Å². The van der Waals surface area contributed by atoms with E-state index in [2.05, 4.69) is 20.1 Å². The van der Waals surface area contributed by atoms with Gasteiger partial charge in [-0.15, -0.1) is 11.3 Å². The molecule has 0 saturated carbocycles. The van der Waals surface area contributed by atoms with E-state index in [-0.39, 0.29) is 11.6 Å². The van der Waals surface area contributed by atoms with Crippen molar-refractivity contribution in [3.63, 3.8) is 0 Å². The number of benzene rings is 1. The Labute approximate surface area is 251 Å². The first-order valence-corrected chi connectivity index (χ1v) is 15.1. The third kappa shape index (κ3) is 5.35. The molecule has 3 N–H and O–H groups in total.